The van der Waals surface area contributed by atoms with Gasteiger partial charge in [-0.05, 0) is 56.0 Å². The first-order chi connectivity index (χ1) is 9.26. The van der Waals surface area contributed by atoms with Crippen molar-refractivity contribution >= 4 is 0 Å². The molecule has 2 heteroatoms. The highest BCUT2D eigenvalue weighted by molar-refractivity contribution is 5.37. The van der Waals surface area contributed by atoms with E-state index < -0.39 is 0 Å². The molecule has 106 valence electrons. The summed E-state index contributed by atoms with van der Waals surface area (Å²) in [4.78, 5) is 0. The molecule has 0 bridgehead atoms. The molecule has 1 unspecified atom stereocenters. The molecule has 2 rings (SSSR count). The second kappa shape index (κ2) is 6.95. The van der Waals surface area contributed by atoms with E-state index >= 15 is 0 Å². The van der Waals surface area contributed by atoms with Crippen molar-refractivity contribution < 1.29 is 4.74 Å². The van der Waals surface area contributed by atoms with Crippen molar-refractivity contribution in [2.45, 2.75) is 51.5 Å². The Bertz CT molecular complexity index is 394. The largest absolute Gasteiger partial charge is 0.497 e. The topological polar surface area (TPSA) is 21.3 Å². The Morgan fingerprint density at radius 3 is 2.37 bits per heavy atom. The van der Waals surface area contributed by atoms with Crippen molar-refractivity contribution in [3.63, 3.8) is 0 Å². The van der Waals surface area contributed by atoms with Gasteiger partial charge in [-0.15, -0.1) is 0 Å². The molecule has 2 nitrogen and oxygen atoms in total. The maximum absolute atomic E-state index is 5.31. The summed E-state index contributed by atoms with van der Waals surface area (Å²) in [6, 6.07) is 6.96. The lowest BCUT2D eigenvalue weighted by Gasteiger charge is -2.28. The van der Waals surface area contributed by atoms with Crippen LogP contribution in [0.15, 0.2) is 18.2 Å². The van der Waals surface area contributed by atoms with E-state index in [2.05, 4.69) is 37.5 Å². The summed E-state index contributed by atoms with van der Waals surface area (Å²) in [6.07, 6.45) is 8.31. The molecule has 1 atom stereocenters. The number of benzene rings is 1. The summed E-state index contributed by atoms with van der Waals surface area (Å²) in [5, 5.41) is 3.55. The Hall–Kier alpha value is -1.02. The third-order valence-electron chi connectivity index (χ3n) is 4.49. The Morgan fingerprint density at radius 2 is 1.84 bits per heavy atom. The molecule has 1 aliphatic carbocycles. The molecular formula is C17H27NO. The molecule has 19 heavy (non-hydrogen) atoms. The molecule has 0 amide bonds. The first-order valence-corrected chi connectivity index (χ1v) is 7.58. The third-order valence-corrected chi connectivity index (χ3v) is 4.49. The predicted octanol–water partition coefficient (Wildman–Crippen LogP) is 4.23. The number of aryl methyl sites for hydroxylation is 1. The van der Waals surface area contributed by atoms with Crippen LogP contribution in [0.4, 0.5) is 0 Å². The van der Waals surface area contributed by atoms with Gasteiger partial charge >= 0.3 is 0 Å². The van der Waals surface area contributed by atoms with Crippen molar-refractivity contribution in [2.24, 2.45) is 5.92 Å². The zero-order valence-corrected chi connectivity index (χ0v) is 12.5. The van der Waals surface area contributed by atoms with Gasteiger partial charge in [-0.1, -0.05) is 31.7 Å². The maximum Gasteiger partial charge on any atom is 0.119 e. The van der Waals surface area contributed by atoms with Crippen LogP contribution in [0.2, 0.25) is 0 Å². The second-order valence-electron chi connectivity index (χ2n) is 5.74. The molecule has 0 aliphatic heterocycles. The summed E-state index contributed by atoms with van der Waals surface area (Å²) >= 11 is 0. The van der Waals surface area contributed by atoms with Crippen molar-refractivity contribution in [1.82, 2.24) is 5.32 Å². The molecule has 1 aromatic carbocycles. The average molecular weight is 261 g/mol. The number of methoxy groups -OCH3 is 1. The monoisotopic (exact) mass is 261 g/mol. The van der Waals surface area contributed by atoms with Gasteiger partial charge in [0.15, 0.2) is 0 Å². The number of hydrogen-bond donors (Lipinski definition) is 1. The summed E-state index contributed by atoms with van der Waals surface area (Å²) < 4.78 is 5.31. The van der Waals surface area contributed by atoms with Gasteiger partial charge in [-0.3, -0.25) is 0 Å². The maximum atomic E-state index is 5.31. The van der Waals surface area contributed by atoms with Crippen LogP contribution in [0.3, 0.4) is 0 Å². The zero-order valence-electron chi connectivity index (χ0n) is 12.5. The van der Waals surface area contributed by atoms with Gasteiger partial charge in [0.1, 0.15) is 5.75 Å². The minimum Gasteiger partial charge on any atom is -0.497 e. The van der Waals surface area contributed by atoms with Crippen molar-refractivity contribution in [2.75, 3.05) is 14.2 Å². The van der Waals surface area contributed by atoms with Gasteiger partial charge in [0.2, 0.25) is 0 Å². The van der Waals surface area contributed by atoms with Crippen molar-refractivity contribution in [1.29, 1.82) is 0 Å². The fraction of sp³-hybridized carbons (Fsp3) is 0.647. The van der Waals surface area contributed by atoms with Crippen LogP contribution < -0.4 is 10.1 Å². The molecule has 1 aliphatic rings. The van der Waals surface area contributed by atoms with Gasteiger partial charge < -0.3 is 10.1 Å². The van der Waals surface area contributed by atoms with E-state index in [4.69, 9.17) is 4.74 Å². The second-order valence-corrected chi connectivity index (χ2v) is 5.74. The molecule has 0 saturated heterocycles. The van der Waals surface area contributed by atoms with Gasteiger partial charge in [0.05, 0.1) is 7.11 Å². The quantitative estimate of drug-likeness (QED) is 0.819. The lowest BCUT2D eigenvalue weighted by molar-refractivity contribution is 0.340. The Kier molecular flexibility index (Phi) is 5.26. The van der Waals surface area contributed by atoms with Crippen LogP contribution in [-0.2, 0) is 0 Å². The number of ether oxygens (including phenoxy) is 1. The summed E-state index contributed by atoms with van der Waals surface area (Å²) in [5.74, 6) is 1.73. The molecule has 1 N–H and O–H groups in total. The number of nitrogens with one attached hydrogen (secondary N) is 1. The molecule has 1 saturated carbocycles. The van der Waals surface area contributed by atoms with E-state index in [1.165, 1.54) is 49.7 Å². The van der Waals surface area contributed by atoms with E-state index in [9.17, 15) is 0 Å². The van der Waals surface area contributed by atoms with Gasteiger partial charge in [0.25, 0.3) is 0 Å². The zero-order chi connectivity index (χ0) is 13.7. The van der Waals surface area contributed by atoms with E-state index in [0.717, 1.165) is 11.7 Å². The summed E-state index contributed by atoms with van der Waals surface area (Å²) in [7, 11) is 3.83. The SMILES string of the molecule is CNC(c1ccc(OC)cc1C)C1CCCCCC1. The molecule has 0 radical (unpaired) electrons. The predicted molar refractivity (Wildman–Crippen MR) is 80.7 cm³/mol. The van der Waals surface area contributed by atoms with Crippen LogP contribution >= 0.6 is 0 Å². The van der Waals surface area contributed by atoms with Crippen LogP contribution in [0, 0.1) is 12.8 Å². The van der Waals surface area contributed by atoms with Crippen LogP contribution in [0.5, 0.6) is 5.75 Å². The van der Waals surface area contributed by atoms with E-state index in [-0.39, 0.29) is 0 Å². The highest BCUT2D eigenvalue weighted by Gasteiger charge is 2.24. The first kappa shape index (κ1) is 14.4. The highest BCUT2D eigenvalue weighted by Crippen LogP contribution is 2.35. The van der Waals surface area contributed by atoms with E-state index in [1.54, 1.807) is 7.11 Å². The Morgan fingerprint density at radius 1 is 1.16 bits per heavy atom. The van der Waals surface area contributed by atoms with Crippen LogP contribution in [-0.4, -0.2) is 14.2 Å². The van der Waals surface area contributed by atoms with E-state index in [0.29, 0.717) is 6.04 Å². The lowest BCUT2D eigenvalue weighted by Crippen LogP contribution is -2.25. The molecule has 0 spiro atoms. The molecule has 1 aromatic rings. The Labute approximate surface area is 117 Å². The number of hydrogen-bond acceptors (Lipinski definition) is 2. The standard InChI is InChI=1S/C17H27NO/c1-13-12-15(19-3)10-11-16(13)17(18-2)14-8-6-4-5-7-9-14/h10-12,14,17-18H,4-9H2,1-3H3. The first-order valence-electron chi connectivity index (χ1n) is 7.58. The fourth-order valence-corrected chi connectivity index (χ4v) is 3.41. The van der Waals surface area contributed by atoms with E-state index in [1.807, 2.05) is 0 Å². The minimum absolute atomic E-state index is 0.490. The van der Waals surface area contributed by atoms with Crippen molar-refractivity contribution in [3.8, 4) is 5.75 Å². The molecule has 0 heterocycles. The smallest absolute Gasteiger partial charge is 0.119 e. The Balaban J connectivity index is 2.20. The summed E-state index contributed by atoms with van der Waals surface area (Å²) in [6.45, 7) is 2.19. The van der Waals surface area contributed by atoms with Crippen molar-refractivity contribution in [3.05, 3.63) is 29.3 Å². The summed E-state index contributed by atoms with van der Waals surface area (Å²) in [5.41, 5.74) is 2.78. The highest BCUT2D eigenvalue weighted by atomic mass is 16.5. The van der Waals surface area contributed by atoms with Gasteiger partial charge in [-0.25, -0.2) is 0 Å². The van der Waals surface area contributed by atoms with Gasteiger partial charge in [-0.2, -0.15) is 0 Å². The van der Waals surface area contributed by atoms with Crippen LogP contribution in [0.25, 0.3) is 0 Å². The average Bonchev–Trinajstić information content (AvgIpc) is 2.70. The molecular weight excluding hydrogens is 234 g/mol. The van der Waals surface area contributed by atoms with Crippen LogP contribution in [0.1, 0.15) is 55.7 Å². The van der Waals surface area contributed by atoms with Gasteiger partial charge in [0, 0.05) is 6.04 Å². The number of rotatable bonds is 4. The molecule has 1 fully saturated rings. The fourth-order valence-electron chi connectivity index (χ4n) is 3.41. The molecule has 0 aromatic heterocycles. The minimum atomic E-state index is 0.490. The lowest BCUT2D eigenvalue weighted by atomic mass is 9.85. The normalized spacial score (nSPS) is 18.9. The third kappa shape index (κ3) is 3.50.